The van der Waals surface area contributed by atoms with Crippen LogP contribution in [0.3, 0.4) is 0 Å². The number of sulfonamides is 1. The van der Waals surface area contributed by atoms with Crippen molar-refractivity contribution in [3.63, 3.8) is 0 Å². The molecule has 1 heterocycles. The average molecular weight is 324 g/mol. The number of hydrogen-bond donors (Lipinski definition) is 2. The summed E-state index contributed by atoms with van der Waals surface area (Å²) in [6.45, 7) is 1.40. The van der Waals surface area contributed by atoms with Gasteiger partial charge < -0.3 is 5.73 Å². The lowest BCUT2D eigenvalue weighted by atomic mass is 10.2. The summed E-state index contributed by atoms with van der Waals surface area (Å²) in [6, 6.07) is 6.97. The summed E-state index contributed by atoms with van der Waals surface area (Å²) in [5.74, 6) is -0.859. The lowest BCUT2D eigenvalue weighted by molar-refractivity contribution is 0.0997. The molecule has 0 spiro atoms. The second-order valence-electron chi connectivity index (χ2n) is 4.21. The molecule has 21 heavy (non-hydrogen) atoms. The molecule has 2 aromatic rings. The highest BCUT2D eigenvalue weighted by atomic mass is 32.2. The molecule has 6 nitrogen and oxygen atoms in total. The molecule has 0 saturated carbocycles. The zero-order chi connectivity index (χ0) is 15.6. The van der Waals surface area contributed by atoms with E-state index in [0.717, 1.165) is 11.3 Å². The van der Waals surface area contributed by atoms with Gasteiger partial charge in [-0.1, -0.05) is 12.1 Å². The number of primary amides is 1. The van der Waals surface area contributed by atoms with E-state index in [-0.39, 0.29) is 21.2 Å². The second-order valence-corrected chi connectivity index (χ2v) is 6.81. The Morgan fingerprint density at radius 1 is 1.14 bits per heavy atom. The zero-order valence-corrected chi connectivity index (χ0v) is 12.6. The molecule has 0 atom stereocenters. The lowest BCUT2D eigenvalue weighted by Gasteiger charge is -2.07. The van der Waals surface area contributed by atoms with Gasteiger partial charge in [-0.05, 0) is 30.5 Å². The van der Waals surface area contributed by atoms with Crippen LogP contribution in [0.25, 0.3) is 0 Å². The number of thiophene rings is 1. The smallest absolute Gasteiger partial charge is 0.262 e. The quantitative estimate of drug-likeness (QED) is 0.818. The molecule has 1 aromatic heterocycles. The second kappa shape index (κ2) is 5.66. The highest BCUT2D eigenvalue weighted by Gasteiger charge is 2.19. The summed E-state index contributed by atoms with van der Waals surface area (Å²) in [6.07, 6.45) is 0. The monoisotopic (exact) mass is 324 g/mol. The van der Waals surface area contributed by atoms with E-state index in [9.17, 15) is 18.0 Å². The van der Waals surface area contributed by atoms with Crippen LogP contribution in [0.1, 0.15) is 27.6 Å². The highest BCUT2D eigenvalue weighted by Crippen LogP contribution is 2.26. The average Bonchev–Trinajstić information content (AvgIpc) is 2.86. The Kier molecular flexibility index (Phi) is 4.10. The third kappa shape index (κ3) is 3.29. The number of hydrogen-bond acceptors (Lipinski definition) is 5. The molecule has 3 N–H and O–H groups in total. The summed E-state index contributed by atoms with van der Waals surface area (Å²) >= 11 is 1.06. The highest BCUT2D eigenvalue weighted by molar-refractivity contribution is 7.93. The number of anilines is 1. The minimum Gasteiger partial charge on any atom is -0.366 e. The van der Waals surface area contributed by atoms with Crippen molar-refractivity contribution in [3.8, 4) is 0 Å². The van der Waals surface area contributed by atoms with Gasteiger partial charge in [0.05, 0.1) is 10.5 Å². The van der Waals surface area contributed by atoms with Gasteiger partial charge in [-0.15, -0.1) is 11.3 Å². The number of benzene rings is 1. The number of Topliss-reactive ketones (excluding diaryl/α,β-unsaturated/α-hetero) is 1. The molecular weight excluding hydrogens is 312 g/mol. The normalized spacial score (nSPS) is 11.1. The van der Waals surface area contributed by atoms with Crippen LogP contribution >= 0.6 is 11.3 Å². The number of ketones is 1. The number of amides is 1. The summed E-state index contributed by atoms with van der Waals surface area (Å²) in [7, 11) is -3.84. The molecule has 0 fully saturated rings. The number of nitrogens with two attached hydrogens (primary N) is 1. The van der Waals surface area contributed by atoms with Gasteiger partial charge in [-0.2, -0.15) is 0 Å². The van der Waals surface area contributed by atoms with Crippen molar-refractivity contribution in [2.24, 2.45) is 5.73 Å². The van der Waals surface area contributed by atoms with E-state index >= 15 is 0 Å². The van der Waals surface area contributed by atoms with E-state index in [1.54, 1.807) is 5.38 Å². The van der Waals surface area contributed by atoms with Crippen LogP contribution in [0.4, 0.5) is 5.00 Å². The Morgan fingerprint density at radius 3 is 2.29 bits per heavy atom. The van der Waals surface area contributed by atoms with Crippen molar-refractivity contribution in [2.45, 2.75) is 11.8 Å². The molecule has 0 bridgehead atoms. The van der Waals surface area contributed by atoms with E-state index in [1.165, 1.54) is 37.3 Å². The van der Waals surface area contributed by atoms with Crippen molar-refractivity contribution in [2.75, 3.05) is 4.72 Å². The fourth-order valence-electron chi connectivity index (χ4n) is 1.63. The van der Waals surface area contributed by atoms with E-state index in [4.69, 9.17) is 5.73 Å². The maximum Gasteiger partial charge on any atom is 0.262 e. The zero-order valence-electron chi connectivity index (χ0n) is 11.0. The van der Waals surface area contributed by atoms with Crippen LogP contribution in [0, 0.1) is 0 Å². The number of rotatable bonds is 5. The summed E-state index contributed by atoms with van der Waals surface area (Å²) in [4.78, 5) is 22.3. The molecular formula is C13H12N2O4S2. The standard InChI is InChI=1S/C13H12N2O4S2/c1-8(16)9-2-4-10(5-3-9)21(18,19)15-13-11(12(14)17)6-7-20-13/h2-7,15H,1H3,(H2,14,17). The van der Waals surface area contributed by atoms with Gasteiger partial charge in [0.15, 0.2) is 5.78 Å². The van der Waals surface area contributed by atoms with Gasteiger partial charge in [-0.25, -0.2) is 8.42 Å². The van der Waals surface area contributed by atoms with Crippen LogP contribution in [-0.4, -0.2) is 20.1 Å². The molecule has 1 aromatic carbocycles. The molecule has 0 radical (unpaired) electrons. The minimum atomic E-state index is -3.84. The molecule has 0 aliphatic carbocycles. The van der Waals surface area contributed by atoms with Crippen LogP contribution in [0.2, 0.25) is 0 Å². The molecule has 8 heteroatoms. The Bertz CT molecular complexity index is 792. The summed E-state index contributed by atoms with van der Waals surface area (Å²) in [5, 5.41) is 1.73. The van der Waals surface area contributed by atoms with Crippen LogP contribution in [-0.2, 0) is 10.0 Å². The van der Waals surface area contributed by atoms with E-state index in [2.05, 4.69) is 4.72 Å². The number of carbonyl (C=O) groups excluding carboxylic acids is 2. The van der Waals surface area contributed by atoms with E-state index in [0.29, 0.717) is 5.56 Å². The summed E-state index contributed by atoms with van der Waals surface area (Å²) in [5.41, 5.74) is 5.70. The van der Waals surface area contributed by atoms with Crippen molar-refractivity contribution in [1.82, 2.24) is 0 Å². The Morgan fingerprint density at radius 2 is 1.76 bits per heavy atom. The fraction of sp³-hybridized carbons (Fsp3) is 0.0769. The van der Waals surface area contributed by atoms with Gasteiger partial charge in [0, 0.05) is 5.56 Å². The van der Waals surface area contributed by atoms with Gasteiger partial charge in [-0.3, -0.25) is 14.3 Å². The van der Waals surface area contributed by atoms with Crippen molar-refractivity contribution >= 4 is 38.1 Å². The summed E-state index contributed by atoms with van der Waals surface area (Å²) < 4.78 is 26.7. The number of carbonyl (C=O) groups is 2. The van der Waals surface area contributed by atoms with Crippen LogP contribution < -0.4 is 10.5 Å². The SMILES string of the molecule is CC(=O)c1ccc(S(=O)(=O)Nc2sccc2C(N)=O)cc1. The molecule has 0 saturated heterocycles. The Hall–Kier alpha value is -2.19. The van der Waals surface area contributed by atoms with Crippen molar-refractivity contribution in [3.05, 3.63) is 46.8 Å². The maximum absolute atomic E-state index is 12.2. The first-order valence-corrected chi connectivity index (χ1v) is 8.18. The topological polar surface area (TPSA) is 106 Å². The molecule has 2 rings (SSSR count). The predicted octanol–water partition coefficient (Wildman–Crippen LogP) is 1.85. The van der Waals surface area contributed by atoms with Gasteiger partial charge >= 0.3 is 0 Å². The van der Waals surface area contributed by atoms with E-state index < -0.39 is 15.9 Å². The Labute approximate surface area is 125 Å². The third-order valence-corrected chi connectivity index (χ3v) is 5.05. The van der Waals surface area contributed by atoms with Gasteiger partial charge in [0.2, 0.25) is 0 Å². The van der Waals surface area contributed by atoms with Crippen molar-refractivity contribution in [1.29, 1.82) is 0 Å². The molecule has 0 unspecified atom stereocenters. The van der Waals surface area contributed by atoms with Crippen LogP contribution in [0.5, 0.6) is 0 Å². The molecule has 1 amide bonds. The predicted molar refractivity (Wildman–Crippen MR) is 80.1 cm³/mol. The van der Waals surface area contributed by atoms with Crippen LogP contribution in [0.15, 0.2) is 40.6 Å². The lowest BCUT2D eigenvalue weighted by Crippen LogP contribution is -2.17. The minimum absolute atomic E-state index is 0.00341. The molecule has 110 valence electrons. The maximum atomic E-state index is 12.2. The van der Waals surface area contributed by atoms with Gasteiger partial charge in [0.25, 0.3) is 15.9 Å². The molecule has 0 aliphatic rings. The largest absolute Gasteiger partial charge is 0.366 e. The first-order valence-electron chi connectivity index (χ1n) is 5.82. The van der Waals surface area contributed by atoms with E-state index in [1.807, 2.05) is 0 Å². The first-order chi connectivity index (χ1) is 9.81. The van der Waals surface area contributed by atoms with Crippen molar-refractivity contribution < 1.29 is 18.0 Å². The Balaban J connectivity index is 2.32. The molecule has 0 aliphatic heterocycles. The number of nitrogens with one attached hydrogen (secondary N) is 1. The third-order valence-electron chi connectivity index (χ3n) is 2.73. The van der Waals surface area contributed by atoms with Gasteiger partial charge in [0.1, 0.15) is 5.00 Å². The first kappa shape index (κ1) is 15.2. The fourth-order valence-corrected chi connectivity index (χ4v) is 3.76.